The molecule has 0 amide bonds. The van der Waals surface area contributed by atoms with Crippen LogP contribution in [0.2, 0.25) is 0 Å². The molecule has 2 aromatic rings. The van der Waals surface area contributed by atoms with Crippen molar-refractivity contribution in [1.29, 1.82) is 0 Å². The van der Waals surface area contributed by atoms with Gasteiger partial charge in [-0.25, -0.2) is 8.42 Å². The molecular weight excluding hydrogens is 286 g/mol. The number of rotatable bonds is 5. The first-order valence-electron chi connectivity index (χ1n) is 6.87. The van der Waals surface area contributed by atoms with E-state index in [1.165, 1.54) is 6.26 Å². The molecule has 21 heavy (non-hydrogen) atoms. The molecule has 5 nitrogen and oxygen atoms in total. The number of hydrogen-bond donors (Lipinski definition) is 1. The Bertz CT molecular complexity index is 748. The lowest BCUT2D eigenvalue weighted by Gasteiger charge is -2.10. The summed E-state index contributed by atoms with van der Waals surface area (Å²) < 4.78 is 25.3. The molecule has 2 rings (SSSR count). The minimum atomic E-state index is -3.20. The van der Waals surface area contributed by atoms with E-state index in [-0.39, 0.29) is 0 Å². The predicted octanol–water partition coefficient (Wildman–Crippen LogP) is 2.31. The van der Waals surface area contributed by atoms with Crippen molar-refractivity contribution in [3.8, 4) is 0 Å². The Hall–Kier alpha value is -1.82. The fourth-order valence-electron chi connectivity index (χ4n) is 2.34. The molecule has 0 atom stereocenters. The van der Waals surface area contributed by atoms with Crippen molar-refractivity contribution in [2.24, 2.45) is 7.05 Å². The number of sulfone groups is 1. The molecule has 1 heterocycles. The van der Waals surface area contributed by atoms with Crippen LogP contribution in [0.5, 0.6) is 0 Å². The second-order valence-electron chi connectivity index (χ2n) is 5.23. The number of aromatic nitrogens is 2. The van der Waals surface area contributed by atoms with Crippen molar-refractivity contribution in [3.63, 3.8) is 0 Å². The second-order valence-corrected chi connectivity index (χ2v) is 7.22. The molecule has 0 aliphatic heterocycles. The van der Waals surface area contributed by atoms with Crippen molar-refractivity contribution in [2.45, 2.75) is 31.7 Å². The van der Waals surface area contributed by atoms with Gasteiger partial charge >= 0.3 is 0 Å². The SMILES string of the molecule is CCc1nn(C)cc1CNc1ccc(C)c(S(C)(=O)=O)c1. The van der Waals surface area contributed by atoms with Crippen molar-refractivity contribution in [2.75, 3.05) is 11.6 Å². The largest absolute Gasteiger partial charge is 0.381 e. The highest BCUT2D eigenvalue weighted by Gasteiger charge is 2.12. The fraction of sp³-hybridized carbons (Fsp3) is 0.400. The number of aryl methyl sites for hydroxylation is 3. The first kappa shape index (κ1) is 15.6. The Morgan fingerprint density at radius 3 is 2.67 bits per heavy atom. The van der Waals surface area contributed by atoms with Crippen molar-refractivity contribution in [3.05, 3.63) is 41.2 Å². The molecule has 0 aliphatic carbocycles. The molecule has 114 valence electrons. The summed E-state index contributed by atoms with van der Waals surface area (Å²) >= 11 is 0. The molecule has 0 radical (unpaired) electrons. The van der Waals surface area contributed by atoms with E-state index < -0.39 is 9.84 Å². The number of nitrogens with one attached hydrogen (secondary N) is 1. The van der Waals surface area contributed by atoms with Crippen LogP contribution in [-0.2, 0) is 29.9 Å². The van der Waals surface area contributed by atoms with Gasteiger partial charge in [0.15, 0.2) is 9.84 Å². The Balaban J connectivity index is 2.21. The number of nitrogens with zero attached hydrogens (tertiary/aromatic N) is 2. The summed E-state index contributed by atoms with van der Waals surface area (Å²) in [5, 5.41) is 7.66. The van der Waals surface area contributed by atoms with Crippen LogP contribution in [0.25, 0.3) is 0 Å². The van der Waals surface area contributed by atoms with E-state index in [2.05, 4.69) is 17.3 Å². The third-order valence-corrected chi connectivity index (χ3v) is 4.64. The van der Waals surface area contributed by atoms with E-state index in [4.69, 9.17) is 0 Å². The third kappa shape index (κ3) is 3.64. The van der Waals surface area contributed by atoms with Gasteiger partial charge in [-0.2, -0.15) is 5.10 Å². The second kappa shape index (κ2) is 5.89. The van der Waals surface area contributed by atoms with E-state index >= 15 is 0 Å². The highest BCUT2D eigenvalue weighted by molar-refractivity contribution is 7.90. The molecule has 0 fully saturated rings. The molecule has 1 aromatic heterocycles. The minimum Gasteiger partial charge on any atom is -0.381 e. The van der Waals surface area contributed by atoms with Crippen LogP contribution in [0.3, 0.4) is 0 Å². The molecule has 0 spiro atoms. The summed E-state index contributed by atoms with van der Waals surface area (Å²) in [6.45, 7) is 4.50. The van der Waals surface area contributed by atoms with Crippen molar-refractivity contribution in [1.82, 2.24) is 9.78 Å². The highest BCUT2D eigenvalue weighted by atomic mass is 32.2. The lowest BCUT2D eigenvalue weighted by atomic mass is 10.2. The Morgan fingerprint density at radius 1 is 1.33 bits per heavy atom. The summed E-state index contributed by atoms with van der Waals surface area (Å²) in [7, 11) is -1.31. The number of anilines is 1. The van der Waals surface area contributed by atoms with E-state index in [1.54, 1.807) is 17.7 Å². The van der Waals surface area contributed by atoms with Crippen LogP contribution in [-0.4, -0.2) is 24.5 Å². The topological polar surface area (TPSA) is 64.0 Å². The molecule has 0 bridgehead atoms. The van der Waals surface area contributed by atoms with Gasteiger partial charge in [0.25, 0.3) is 0 Å². The van der Waals surface area contributed by atoms with Crippen LogP contribution in [0.4, 0.5) is 5.69 Å². The minimum absolute atomic E-state index is 0.370. The van der Waals surface area contributed by atoms with Gasteiger partial charge in [0.1, 0.15) is 0 Å². The average Bonchev–Trinajstić information content (AvgIpc) is 2.77. The third-order valence-electron chi connectivity index (χ3n) is 3.40. The molecule has 0 aliphatic rings. The van der Waals surface area contributed by atoms with Crippen LogP contribution in [0.15, 0.2) is 29.3 Å². The maximum absolute atomic E-state index is 11.7. The van der Waals surface area contributed by atoms with Gasteiger partial charge in [-0.15, -0.1) is 0 Å². The van der Waals surface area contributed by atoms with E-state index in [9.17, 15) is 8.42 Å². The van der Waals surface area contributed by atoms with Gasteiger partial charge in [-0.05, 0) is 31.0 Å². The van der Waals surface area contributed by atoms with Crippen LogP contribution in [0.1, 0.15) is 23.7 Å². The number of hydrogen-bond acceptors (Lipinski definition) is 4. The standard InChI is InChI=1S/C15H21N3O2S/c1-5-14-12(10-18(3)17-14)9-16-13-7-6-11(2)15(8-13)21(4,19)20/h6-8,10,16H,5,9H2,1-4H3. The van der Waals surface area contributed by atoms with Gasteiger partial charge in [0, 0.05) is 37.3 Å². The first-order valence-corrected chi connectivity index (χ1v) is 8.76. The molecule has 6 heteroatoms. The molecule has 0 unspecified atom stereocenters. The Labute approximate surface area is 125 Å². The van der Waals surface area contributed by atoms with Gasteiger partial charge in [-0.1, -0.05) is 13.0 Å². The Morgan fingerprint density at radius 2 is 2.05 bits per heavy atom. The van der Waals surface area contributed by atoms with Crippen LogP contribution >= 0.6 is 0 Å². The van der Waals surface area contributed by atoms with Gasteiger partial charge in [0.05, 0.1) is 10.6 Å². The normalized spacial score (nSPS) is 11.6. The highest BCUT2D eigenvalue weighted by Crippen LogP contribution is 2.21. The summed E-state index contributed by atoms with van der Waals surface area (Å²) in [5.41, 5.74) is 3.74. The van der Waals surface area contributed by atoms with Crippen LogP contribution < -0.4 is 5.32 Å². The van der Waals surface area contributed by atoms with E-state index in [1.807, 2.05) is 25.4 Å². The monoisotopic (exact) mass is 307 g/mol. The quantitative estimate of drug-likeness (QED) is 0.920. The van der Waals surface area contributed by atoms with Gasteiger partial charge in [0.2, 0.25) is 0 Å². The smallest absolute Gasteiger partial charge is 0.175 e. The maximum atomic E-state index is 11.7. The summed E-state index contributed by atoms with van der Waals surface area (Å²) in [5.74, 6) is 0. The van der Waals surface area contributed by atoms with Gasteiger partial charge < -0.3 is 5.32 Å². The summed E-state index contributed by atoms with van der Waals surface area (Å²) in [6.07, 6.45) is 4.09. The van der Waals surface area contributed by atoms with E-state index in [0.29, 0.717) is 11.4 Å². The average molecular weight is 307 g/mol. The molecule has 0 saturated carbocycles. The first-order chi connectivity index (χ1) is 9.81. The zero-order chi connectivity index (χ0) is 15.6. The predicted molar refractivity (Wildman–Crippen MR) is 84.2 cm³/mol. The molecule has 0 saturated heterocycles. The lowest BCUT2D eigenvalue weighted by Crippen LogP contribution is -2.04. The summed E-state index contributed by atoms with van der Waals surface area (Å²) in [6, 6.07) is 5.40. The zero-order valence-electron chi connectivity index (χ0n) is 12.8. The molecular formula is C15H21N3O2S. The Kier molecular flexibility index (Phi) is 4.37. The van der Waals surface area contributed by atoms with Crippen LogP contribution in [0, 0.1) is 6.92 Å². The zero-order valence-corrected chi connectivity index (χ0v) is 13.7. The molecule has 1 N–H and O–H groups in total. The maximum Gasteiger partial charge on any atom is 0.175 e. The van der Waals surface area contributed by atoms with E-state index in [0.717, 1.165) is 28.9 Å². The fourth-order valence-corrected chi connectivity index (χ4v) is 3.33. The van der Waals surface area contributed by atoms with Gasteiger partial charge in [-0.3, -0.25) is 4.68 Å². The lowest BCUT2D eigenvalue weighted by molar-refractivity contribution is 0.601. The van der Waals surface area contributed by atoms with Crippen molar-refractivity contribution >= 4 is 15.5 Å². The molecule has 1 aromatic carbocycles. The summed E-state index contributed by atoms with van der Waals surface area (Å²) in [4.78, 5) is 0.370. The van der Waals surface area contributed by atoms with Crippen molar-refractivity contribution < 1.29 is 8.42 Å². The number of benzene rings is 1.